The van der Waals surface area contributed by atoms with Crippen molar-refractivity contribution < 1.29 is 4.42 Å². The molecule has 0 fully saturated rings. The maximum Gasteiger partial charge on any atom is 0.143 e. The van der Waals surface area contributed by atoms with E-state index in [0.717, 1.165) is 34.0 Å². The highest BCUT2D eigenvalue weighted by atomic mass is 16.3. The molecule has 3 nitrogen and oxygen atoms in total. The third-order valence-corrected chi connectivity index (χ3v) is 10.1. The van der Waals surface area contributed by atoms with Crippen LogP contribution < -0.4 is 10.6 Å². The van der Waals surface area contributed by atoms with Crippen molar-refractivity contribution in [1.82, 2.24) is 0 Å². The number of anilines is 2. The van der Waals surface area contributed by atoms with Gasteiger partial charge in [-0.2, -0.15) is 0 Å². The van der Waals surface area contributed by atoms with Gasteiger partial charge in [-0.25, -0.2) is 0 Å². The molecule has 7 aromatic carbocycles. The highest BCUT2D eigenvalue weighted by molar-refractivity contribution is 6.11. The van der Waals surface area contributed by atoms with Crippen LogP contribution in [0.1, 0.15) is 27.8 Å². The summed E-state index contributed by atoms with van der Waals surface area (Å²) in [5, 5.41) is 2.30. The molecule has 48 heavy (non-hydrogen) atoms. The SMILES string of the molecule is CN.c1ccc(CN2c3ccccc3C3(c4ccccc4-c4c(-c5cccc6c5oc5ccccc56)cccc43)c3ccccc32)cc1. The second-order valence-electron chi connectivity index (χ2n) is 12.4. The molecule has 2 aliphatic rings. The fraction of sp³-hybridized carbons (Fsp3) is 0.0667. The van der Waals surface area contributed by atoms with Gasteiger partial charge in [-0.05, 0) is 69.8 Å². The fourth-order valence-electron chi connectivity index (χ4n) is 8.36. The molecule has 3 heteroatoms. The Kier molecular flexibility index (Phi) is 6.56. The van der Waals surface area contributed by atoms with Gasteiger partial charge in [0.05, 0.1) is 5.41 Å². The second kappa shape index (κ2) is 11.1. The minimum absolute atomic E-state index is 0.468. The Morgan fingerprint density at radius 1 is 0.479 bits per heavy atom. The quantitative estimate of drug-likeness (QED) is 0.214. The van der Waals surface area contributed by atoms with Crippen molar-refractivity contribution in [1.29, 1.82) is 0 Å². The third-order valence-electron chi connectivity index (χ3n) is 10.1. The van der Waals surface area contributed by atoms with Gasteiger partial charge in [-0.1, -0.05) is 146 Å². The summed E-state index contributed by atoms with van der Waals surface area (Å²) in [5.74, 6) is 0. The molecule has 0 radical (unpaired) electrons. The van der Waals surface area contributed by atoms with Crippen molar-refractivity contribution in [3.63, 3.8) is 0 Å². The molecule has 0 unspecified atom stereocenters. The van der Waals surface area contributed by atoms with Crippen LogP contribution in [0.15, 0.2) is 168 Å². The van der Waals surface area contributed by atoms with Crippen molar-refractivity contribution in [3.05, 3.63) is 192 Å². The van der Waals surface area contributed by atoms with Crippen molar-refractivity contribution in [2.75, 3.05) is 11.9 Å². The second-order valence-corrected chi connectivity index (χ2v) is 12.4. The van der Waals surface area contributed by atoms with Gasteiger partial charge in [-0.15, -0.1) is 0 Å². The Hall–Kier alpha value is -5.90. The largest absolute Gasteiger partial charge is 0.455 e. The Balaban J connectivity index is 0.00000154. The summed E-state index contributed by atoms with van der Waals surface area (Å²) in [7, 11) is 1.50. The van der Waals surface area contributed by atoms with E-state index in [1.165, 1.54) is 62.9 Å². The first-order valence-electron chi connectivity index (χ1n) is 16.6. The molecular formula is C45H34N2O. The average molecular weight is 619 g/mol. The first-order chi connectivity index (χ1) is 23.8. The molecule has 1 spiro atoms. The van der Waals surface area contributed by atoms with Crippen LogP contribution in [0.25, 0.3) is 44.2 Å². The van der Waals surface area contributed by atoms with Gasteiger partial charge in [0.2, 0.25) is 0 Å². The van der Waals surface area contributed by atoms with E-state index in [1.54, 1.807) is 0 Å². The number of para-hydroxylation sites is 4. The predicted molar refractivity (Wildman–Crippen MR) is 199 cm³/mol. The highest BCUT2D eigenvalue weighted by Crippen LogP contribution is 2.63. The monoisotopic (exact) mass is 618 g/mol. The maximum atomic E-state index is 6.60. The summed E-state index contributed by atoms with van der Waals surface area (Å²) >= 11 is 0. The molecule has 1 aromatic heterocycles. The standard InChI is InChI=1S/C44H29NO.CH5N/c1-2-14-29(15-3-1)28-45-39-25-9-7-22-36(39)44(37-23-8-10-26-40(37)45)35-21-6-4-17-34(35)42-31(18-13-24-38(42)44)33-20-12-19-32-30-16-5-11-27-41(30)46-43(32)33;1-2/h1-27H,28H2;2H2,1H3. The zero-order valence-corrected chi connectivity index (χ0v) is 26.7. The van der Waals surface area contributed by atoms with E-state index in [2.05, 4.69) is 168 Å². The lowest BCUT2D eigenvalue weighted by Gasteiger charge is -2.45. The van der Waals surface area contributed by atoms with Crippen LogP contribution in [0.4, 0.5) is 11.4 Å². The first-order valence-corrected chi connectivity index (χ1v) is 16.6. The summed E-state index contributed by atoms with van der Waals surface area (Å²) in [5.41, 5.74) is 19.8. The Morgan fingerprint density at radius 2 is 1.02 bits per heavy atom. The summed E-state index contributed by atoms with van der Waals surface area (Å²) in [4.78, 5) is 2.50. The van der Waals surface area contributed by atoms with Crippen molar-refractivity contribution in [2.24, 2.45) is 5.73 Å². The lowest BCUT2D eigenvalue weighted by molar-refractivity contribution is 0.670. The number of hydrogen-bond donors (Lipinski definition) is 1. The van der Waals surface area contributed by atoms with Crippen LogP contribution in [-0.4, -0.2) is 7.05 Å². The molecule has 1 aliphatic heterocycles. The smallest absolute Gasteiger partial charge is 0.143 e. The van der Waals surface area contributed by atoms with Gasteiger partial charge in [0, 0.05) is 34.3 Å². The average Bonchev–Trinajstić information content (AvgIpc) is 3.69. The Bertz CT molecular complexity index is 2430. The molecule has 10 rings (SSSR count). The van der Waals surface area contributed by atoms with E-state index in [-0.39, 0.29) is 0 Å². The number of furan rings is 1. The van der Waals surface area contributed by atoms with Gasteiger partial charge in [0.15, 0.2) is 0 Å². The number of benzene rings is 7. The Morgan fingerprint density at radius 3 is 1.79 bits per heavy atom. The van der Waals surface area contributed by atoms with E-state index < -0.39 is 5.41 Å². The van der Waals surface area contributed by atoms with Crippen LogP contribution in [0, 0.1) is 0 Å². The van der Waals surface area contributed by atoms with E-state index in [4.69, 9.17) is 4.42 Å². The third kappa shape index (κ3) is 3.86. The van der Waals surface area contributed by atoms with Gasteiger partial charge < -0.3 is 15.1 Å². The van der Waals surface area contributed by atoms with Crippen LogP contribution in [0.2, 0.25) is 0 Å². The van der Waals surface area contributed by atoms with E-state index in [9.17, 15) is 0 Å². The van der Waals surface area contributed by atoms with Crippen LogP contribution in [0.5, 0.6) is 0 Å². The van der Waals surface area contributed by atoms with E-state index in [1.807, 2.05) is 6.07 Å². The number of nitrogens with two attached hydrogens (primary N) is 1. The predicted octanol–water partition coefficient (Wildman–Crippen LogP) is 10.8. The van der Waals surface area contributed by atoms with Gasteiger partial charge in [0.25, 0.3) is 0 Å². The molecule has 2 heterocycles. The zero-order chi connectivity index (χ0) is 32.2. The minimum Gasteiger partial charge on any atom is -0.455 e. The topological polar surface area (TPSA) is 42.4 Å². The van der Waals surface area contributed by atoms with E-state index >= 15 is 0 Å². The molecule has 0 bridgehead atoms. The number of hydrogen-bond acceptors (Lipinski definition) is 3. The van der Waals surface area contributed by atoms with Crippen LogP contribution in [-0.2, 0) is 12.0 Å². The summed E-state index contributed by atoms with van der Waals surface area (Å²) in [6, 6.07) is 59.7. The molecule has 0 saturated heterocycles. The normalized spacial score (nSPS) is 13.4. The van der Waals surface area contributed by atoms with E-state index in [0.29, 0.717) is 0 Å². The van der Waals surface area contributed by atoms with Crippen molar-refractivity contribution >= 4 is 33.3 Å². The summed E-state index contributed by atoms with van der Waals surface area (Å²) < 4.78 is 6.60. The maximum absolute atomic E-state index is 6.60. The lowest BCUT2D eigenvalue weighted by atomic mass is 9.64. The molecule has 1 aliphatic carbocycles. The zero-order valence-electron chi connectivity index (χ0n) is 26.7. The fourth-order valence-corrected chi connectivity index (χ4v) is 8.36. The number of fused-ring (bicyclic) bond motifs is 12. The number of nitrogens with zero attached hydrogens (tertiary/aromatic N) is 1. The van der Waals surface area contributed by atoms with Crippen LogP contribution >= 0.6 is 0 Å². The molecule has 8 aromatic rings. The minimum atomic E-state index is -0.468. The Labute approximate surface area is 280 Å². The molecule has 230 valence electrons. The summed E-state index contributed by atoms with van der Waals surface area (Å²) in [6.45, 7) is 0.799. The lowest BCUT2D eigenvalue weighted by Crippen LogP contribution is -2.37. The molecule has 0 atom stereocenters. The molecule has 0 saturated carbocycles. The van der Waals surface area contributed by atoms with Crippen LogP contribution in [0.3, 0.4) is 0 Å². The molecular weight excluding hydrogens is 585 g/mol. The van der Waals surface area contributed by atoms with Gasteiger partial charge in [0.1, 0.15) is 11.2 Å². The summed E-state index contributed by atoms with van der Waals surface area (Å²) in [6.07, 6.45) is 0. The van der Waals surface area contributed by atoms with Gasteiger partial charge in [-0.3, -0.25) is 0 Å². The number of rotatable bonds is 3. The van der Waals surface area contributed by atoms with Gasteiger partial charge >= 0.3 is 0 Å². The molecule has 2 N–H and O–H groups in total. The first kappa shape index (κ1) is 28.3. The van der Waals surface area contributed by atoms with Crippen molar-refractivity contribution in [3.8, 4) is 22.3 Å². The highest BCUT2D eigenvalue weighted by Gasteiger charge is 2.51. The van der Waals surface area contributed by atoms with Crippen molar-refractivity contribution in [2.45, 2.75) is 12.0 Å². The molecule has 0 amide bonds.